The molecule has 1 aromatic rings. The van der Waals surface area contributed by atoms with Gasteiger partial charge in [-0.15, -0.1) is 0 Å². The maximum absolute atomic E-state index is 12.0. The number of anilines is 2. The maximum atomic E-state index is 12.0. The van der Waals surface area contributed by atoms with Gasteiger partial charge in [0.25, 0.3) is 0 Å². The lowest BCUT2D eigenvalue weighted by molar-refractivity contribution is -0.117. The summed E-state index contributed by atoms with van der Waals surface area (Å²) in [5, 5.41) is 8.67. The molecule has 1 unspecified atom stereocenters. The van der Waals surface area contributed by atoms with Crippen LogP contribution in [-0.2, 0) is 4.79 Å². The van der Waals surface area contributed by atoms with Crippen molar-refractivity contribution in [1.82, 2.24) is 5.32 Å². The van der Waals surface area contributed by atoms with Gasteiger partial charge in [0.2, 0.25) is 5.91 Å². The van der Waals surface area contributed by atoms with Crippen molar-refractivity contribution in [3.05, 3.63) is 24.3 Å². The molecule has 1 saturated carbocycles. The Kier molecular flexibility index (Phi) is 7.09. The van der Waals surface area contributed by atoms with Crippen LogP contribution in [-0.4, -0.2) is 18.5 Å². The summed E-state index contributed by atoms with van der Waals surface area (Å²) >= 11 is 0. The van der Waals surface area contributed by atoms with E-state index in [-0.39, 0.29) is 17.9 Å². The molecule has 0 spiro atoms. The standard InChI is InChI=1S/C19H29N3O2/c1-3-5-7-14(4-2)13-20-19(24)22-17-9-6-8-16(12-17)21-18(23)15-10-11-15/h6,8-9,12,14-15H,3-5,7,10-11,13H2,1-2H3,(H,21,23)(H2,20,22,24). The van der Waals surface area contributed by atoms with Crippen LogP contribution < -0.4 is 16.0 Å². The van der Waals surface area contributed by atoms with E-state index in [1.54, 1.807) is 6.07 Å². The highest BCUT2D eigenvalue weighted by Crippen LogP contribution is 2.30. The third kappa shape index (κ3) is 6.22. The van der Waals surface area contributed by atoms with E-state index in [0.717, 1.165) is 31.4 Å². The minimum atomic E-state index is -0.199. The number of urea groups is 1. The van der Waals surface area contributed by atoms with E-state index in [2.05, 4.69) is 29.8 Å². The number of rotatable bonds is 9. The summed E-state index contributed by atoms with van der Waals surface area (Å²) < 4.78 is 0. The topological polar surface area (TPSA) is 70.2 Å². The Morgan fingerprint density at radius 3 is 2.50 bits per heavy atom. The summed E-state index contributed by atoms with van der Waals surface area (Å²) in [6, 6.07) is 7.07. The second kappa shape index (κ2) is 9.30. The van der Waals surface area contributed by atoms with Gasteiger partial charge in [-0.2, -0.15) is 0 Å². The van der Waals surface area contributed by atoms with Gasteiger partial charge in [0.05, 0.1) is 0 Å². The summed E-state index contributed by atoms with van der Waals surface area (Å²) in [4.78, 5) is 23.8. The molecule has 1 fully saturated rings. The van der Waals surface area contributed by atoms with Crippen LogP contribution in [0.2, 0.25) is 0 Å². The molecule has 0 aromatic heterocycles. The zero-order valence-corrected chi connectivity index (χ0v) is 14.7. The van der Waals surface area contributed by atoms with Crippen LogP contribution in [0.1, 0.15) is 52.4 Å². The molecule has 0 bridgehead atoms. The molecular weight excluding hydrogens is 302 g/mol. The van der Waals surface area contributed by atoms with Gasteiger partial charge in [0, 0.05) is 23.8 Å². The molecule has 0 aliphatic heterocycles. The fraction of sp³-hybridized carbons (Fsp3) is 0.579. The van der Waals surface area contributed by atoms with Crippen molar-refractivity contribution in [3.8, 4) is 0 Å². The van der Waals surface area contributed by atoms with E-state index in [1.165, 1.54) is 12.8 Å². The zero-order chi connectivity index (χ0) is 17.4. The highest BCUT2D eigenvalue weighted by molar-refractivity contribution is 5.95. The number of carbonyl (C=O) groups excluding carboxylic acids is 2. The van der Waals surface area contributed by atoms with Gasteiger partial charge < -0.3 is 16.0 Å². The molecule has 1 aliphatic carbocycles. The zero-order valence-electron chi connectivity index (χ0n) is 14.7. The third-order valence-corrected chi connectivity index (χ3v) is 4.43. The first-order valence-electron chi connectivity index (χ1n) is 9.08. The van der Waals surface area contributed by atoms with Gasteiger partial charge in [-0.3, -0.25) is 4.79 Å². The highest BCUT2D eigenvalue weighted by Gasteiger charge is 2.29. The second-order valence-corrected chi connectivity index (χ2v) is 6.60. The van der Waals surface area contributed by atoms with Crippen LogP contribution in [0.25, 0.3) is 0 Å². The normalized spacial score (nSPS) is 14.8. The number of nitrogens with one attached hydrogen (secondary N) is 3. The van der Waals surface area contributed by atoms with Crippen LogP contribution in [0, 0.1) is 11.8 Å². The lowest BCUT2D eigenvalue weighted by Crippen LogP contribution is -2.33. The summed E-state index contributed by atoms with van der Waals surface area (Å²) in [5.74, 6) is 0.761. The second-order valence-electron chi connectivity index (χ2n) is 6.60. The first-order chi connectivity index (χ1) is 11.6. The van der Waals surface area contributed by atoms with E-state index < -0.39 is 0 Å². The van der Waals surface area contributed by atoms with E-state index in [9.17, 15) is 9.59 Å². The summed E-state index contributed by atoms with van der Waals surface area (Å²) in [7, 11) is 0. The number of unbranched alkanes of at least 4 members (excludes halogenated alkanes) is 1. The van der Waals surface area contributed by atoms with Crippen LogP contribution in [0.3, 0.4) is 0 Å². The van der Waals surface area contributed by atoms with Crippen molar-refractivity contribution in [1.29, 1.82) is 0 Å². The number of carbonyl (C=O) groups is 2. The Balaban J connectivity index is 1.79. The molecule has 3 amide bonds. The molecule has 5 nitrogen and oxygen atoms in total. The Bertz CT molecular complexity index is 555. The van der Waals surface area contributed by atoms with Crippen LogP contribution in [0.4, 0.5) is 16.2 Å². The van der Waals surface area contributed by atoms with Crippen molar-refractivity contribution in [2.75, 3.05) is 17.2 Å². The molecule has 1 aliphatic rings. The Labute approximate surface area is 144 Å². The van der Waals surface area contributed by atoms with Gasteiger partial charge in [-0.25, -0.2) is 4.79 Å². The number of hydrogen-bond acceptors (Lipinski definition) is 2. The Hall–Kier alpha value is -2.04. The van der Waals surface area contributed by atoms with Gasteiger partial charge >= 0.3 is 6.03 Å². The average Bonchev–Trinajstić information content (AvgIpc) is 3.40. The van der Waals surface area contributed by atoms with E-state index in [0.29, 0.717) is 18.2 Å². The van der Waals surface area contributed by atoms with Crippen molar-refractivity contribution in [2.45, 2.75) is 52.4 Å². The minimum Gasteiger partial charge on any atom is -0.338 e. The minimum absolute atomic E-state index is 0.0679. The number of amides is 3. The van der Waals surface area contributed by atoms with Gasteiger partial charge in [-0.1, -0.05) is 39.2 Å². The van der Waals surface area contributed by atoms with Crippen LogP contribution in [0.15, 0.2) is 24.3 Å². The number of benzene rings is 1. The smallest absolute Gasteiger partial charge is 0.319 e. The van der Waals surface area contributed by atoms with Crippen LogP contribution in [0.5, 0.6) is 0 Å². The van der Waals surface area contributed by atoms with Crippen molar-refractivity contribution in [3.63, 3.8) is 0 Å². The van der Waals surface area contributed by atoms with E-state index in [1.807, 2.05) is 18.2 Å². The summed E-state index contributed by atoms with van der Waals surface area (Å²) in [6.45, 7) is 5.04. The molecule has 0 saturated heterocycles. The molecule has 24 heavy (non-hydrogen) atoms. The third-order valence-electron chi connectivity index (χ3n) is 4.43. The molecule has 1 aromatic carbocycles. The molecule has 0 heterocycles. The summed E-state index contributed by atoms with van der Waals surface area (Å²) in [5.41, 5.74) is 1.40. The largest absolute Gasteiger partial charge is 0.338 e. The lowest BCUT2D eigenvalue weighted by atomic mass is 9.99. The monoisotopic (exact) mass is 331 g/mol. The molecule has 5 heteroatoms. The first kappa shape index (κ1) is 18.3. The molecule has 0 radical (unpaired) electrons. The van der Waals surface area contributed by atoms with Gasteiger partial charge in [0.1, 0.15) is 0 Å². The van der Waals surface area contributed by atoms with E-state index >= 15 is 0 Å². The molecule has 2 rings (SSSR count). The molecule has 132 valence electrons. The maximum Gasteiger partial charge on any atom is 0.319 e. The van der Waals surface area contributed by atoms with E-state index in [4.69, 9.17) is 0 Å². The quantitative estimate of drug-likeness (QED) is 0.628. The van der Waals surface area contributed by atoms with Crippen LogP contribution >= 0.6 is 0 Å². The van der Waals surface area contributed by atoms with Gasteiger partial charge in [0.15, 0.2) is 0 Å². The number of hydrogen-bond donors (Lipinski definition) is 3. The van der Waals surface area contributed by atoms with Crippen molar-refractivity contribution in [2.24, 2.45) is 11.8 Å². The predicted molar refractivity (Wildman–Crippen MR) is 98.1 cm³/mol. The average molecular weight is 331 g/mol. The van der Waals surface area contributed by atoms with Crippen molar-refractivity contribution >= 4 is 23.3 Å². The Morgan fingerprint density at radius 1 is 1.17 bits per heavy atom. The molecule has 3 N–H and O–H groups in total. The first-order valence-corrected chi connectivity index (χ1v) is 9.08. The fourth-order valence-electron chi connectivity index (χ4n) is 2.62. The molecular formula is C19H29N3O2. The lowest BCUT2D eigenvalue weighted by Gasteiger charge is -2.16. The van der Waals surface area contributed by atoms with Crippen molar-refractivity contribution < 1.29 is 9.59 Å². The predicted octanol–water partition coefficient (Wildman–Crippen LogP) is 4.37. The highest BCUT2D eigenvalue weighted by atomic mass is 16.2. The summed E-state index contributed by atoms with van der Waals surface area (Å²) in [6.07, 6.45) is 6.55. The van der Waals surface area contributed by atoms with Gasteiger partial charge in [-0.05, 0) is 43.4 Å². The Morgan fingerprint density at radius 2 is 1.88 bits per heavy atom. The fourth-order valence-corrected chi connectivity index (χ4v) is 2.62. The SMILES string of the molecule is CCCCC(CC)CNC(=O)Nc1cccc(NC(=O)C2CC2)c1. The molecule has 1 atom stereocenters.